The molecule has 0 fully saturated rings. The summed E-state index contributed by atoms with van der Waals surface area (Å²) in [6, 6.07) is 0. The highest BCUT2D eigenvalue weighted by Gasteiger charge is 2.03. The molecule has 0 aliphatic carbocycles. The van der Waals surface area contributed by atoms with E-state index in [1.807, 2.05) is 0 Å². The van der Waals surface area contributed by atoms with E-state index in [1.165, 1.54) is 0 Å². The fourth-order valence-corrected chi connectivity index (χ4v) is 0.595. The van der Waals surface area contributed by atoms with Crippen molar-refractivity contribution in [1.29, 1.82) is 0 Å². The number of amidine groups is 1. The maximum atomic E-state index is 8.49. The van der Waals surface area contributed by atoms with Crippen LogP contribution in [0.15, 0.2) is 16.8 Å². The van der Waals surface area contributed by atoms with Gasteiger partial charge in [0.1, 0.15) is 5.84 Å². The van der Waals surface area contributed by atoms with Gasteiger partial charge >= 0.3 is 0 Å². The molecule has 0 unspecified atom stereocenters. The van der Waals surface area contributed by atoms with E-state index in [1.54, 1.807) is 6.20 Å². The smallest absolute Gasteiger partial charge is 0.103 e. The third-order valence-corrected chi connectivity index (χ3v) is 1.02. The Bertz CT molecular complexity index is 149. The standard InChI is InChI=1S/C5H8N2O/c6-5-1-4(3-8)2-7-5/h2,8H,1,3H2,(H2,6,7). The zero-order valence-corrected chi connectivity index (χ0v) is 4.46. The van der Waals surface area contributed by atoms with Crippen LogP contribution in [0.2, 0.25) is 0 Å². The highest BCUT2D eigenvalue weighted by atomic mass is 16.3. The van der Waals surface area contributed by atoms with Crippen LogP contribution in [0.1, 0.15) is 6.42 Å². The first-order valence-corrected chi connectivity index (χ1v) is 2.44. The number of nitrogens with two attached hydrogens (primary N) is 1. The first kappa shape index (κ1) is 5.31. The van der Waals surface area contributed by atoms with E-state index in [2.05, 4.69) is 4.99 Å². The second-order valence-corrected chi connectivity index (χ2v) is 1.74. The molecule has 3 N–H and O–H groups in total. The summed E-state index contributed by atoms with van der Waals surface area (Å²) in [6.45, 7) is 0.0736. The van der Waals surface area contributed by atoms with Gasteiger partial charge in [0.2, 0.25) is 0 Å². The summed E-state index contributed by atoms with van der Waals surface area (Å²) in [7, 11) is 0. The Labute approximate surface area is 47.5 Å². The average molecular weight is 112 g/mol. The van der Waals surface area contributed by atoms with Gasteiger partial charge in [-0.3, -0.25) is 0 Å². The van der Waals surface area contributed by atoms with Gasteiger partial charge in [0.25, 0.3) is 0 Å². The molecule has 3 nitrogen and oxygen atoms in total. The van der Waals surface area contributed by atoms with Crippen molar-refractivity contribution in [2.75, 3.05) is 6.61 Å². The minimum absolute atomic E-state index is 0.0736. The van der Waals surface area contributed by atoms with Crippen molar-refractivity contribution in [2.24, 2.45) is 10.7 Å². The molecular formula is C5H8N2O. The zero-order valence-electron chi connectivity index (χ0n) is 4.46. The SMILES string of the molecule is NC1=NC=C(CO)C1. The normalized spacial score (nSPS) is 18.1. The molecule has 44 valence electrons. The quantitative estimate of drug-likeness (QED) is 0.486. The van der Waals surface area contributed by atoms with E-state index >= 15 is 0 Å². The molecule has 1 rings (SSSR count). The fraction of sp³-hybridized carbons (Fsp3) is 0.400. The largest absolute Gasteiger partial charge is 0.392 e. The first-order valence-electron chi connectivity index (χ1n) is 2.44. The molecular weight excluding hydrogens is 104 g/mol. The summed E-state index contributed by atoms with van der Waals surface area (Å²) in [5, 5.41) is 8.49. The van der Waals surface area contributed by atoms with Gasteiger partial charge in [-0.25, -0.2) is 4.99 Å². The zero-order chi connectivity index (χ0) is 5.98. The highest BCUT2D eigenvalue weighted by molar-refractivity contribution is 5.85. The molecule has 0 saturated heterocycles. The molecule has 0 amide bonds. The summed E-state index contributed by atoms with van der Waals surface area (Å²) in [6.07, 6.45) is 2.24. The number of aliphatic hydroxyl groups excluding tert-OH is 1. The molecule has 0 radical (unpaired) electrons. The summed E-state index contributed by atoms with van der Waals surface area (Å²) in [5.74, 6) is 0.592. The third-order valence-electron chi connectivity index (χ3n) is 1.02. The van der Waals surface area contributed by atoms with Gasteiger partial charge in [0, 0.05) is 12.6 Å². The van der Waals surface area contributed by atoms with Crippen LogP contribution in [-0.4, -0.2) is 17.5 Å². The molecule has 1 aliphatic rings. The number of nitrogens with zero attached hydrogens (tertiary/aromatic N) is 1. The topological polar surface area (TPSA) is 58.6 Å². The lowest BCUT2D eigenvalue weighted by molar-refractivity contribution is 0.330. The van der Waals surface area contributed by atoms with E-state index in [0.29, 0.717) is 12.3 Å². The van der Waals surface area contributed by atoms with Crippen LogP contribution in [0.3, 0.4) is 0 Å². The lowest BCUT2D eigenvalue weighted by atomic mass is 10.2. The Hall–Kier alpha value is -0.830. The Balaban J connectivity index is 2.49. The van der Waals surface area contributed by atoms with Crippen LogP contribution in [0.25, 0.3) is 0 Å². The predicted molar refractivity (Wildman–Crippen MR) is 31.4 cm³/mol. The molecule has 1 heterocycles. The molecule has 1 aliphatic heterocycles. The molecule has 0 aromatic rings. The van der Waals surface area contributed by atoms with Crippen molar-refractivity contribution < 1.29 is 5.11 Å². The molecule has 0 saturated carbocycles. The van der Waals surface area contributed by atoms with Gasteiger partial charge in [-0.15, -0.1) is 0 Å². The third kappa shape index (κ3) is 0.869. The maximum absolute atomic E-state index is 8.49. The summed E-state index contributed by atoms with van der Waals surface area (Å²) >= 11 is 0. The minimum Gasteiger partial charge on any atom is -0.392 e. The van der Waals surface area contributed by atoms with Crippen molar-refractivity contribution >= 4 is 5.84 Å². The van der Waals surface area contributed by atoms with Gasteiger partial charge in [-0.05, 0) is 5.57 Å². The Morgan fingerprint density at radius 3 is 2.88 bits per heavy atom. The van der Waals surface area contributed by atoms with Crippen LogP contribution >= 0.6 is 0 Å². The molecule has 3 heteroatoms. The fourth-order valence-electron chi connectivity index (χ4n) is 0.595. The van der Waals surface area contributed by atoms with Crippen molar-refractivity contribution in [3.63, 3.8) is 0 Å². The highest BCUT2D eigenvalue weighted by Crippen LogP contribution is 2.06. The number of hydrogen-bond acceptors (Lipinski definition) is 3. The first-order chi connectivity index (χ1) is 3.83. The summed E-state index contributed by atoms with van der Waals surface area (Å²) in [4.78, 5) is 3.76. The van der Waals surface area contributed by atoms with Crippen molar-refractivity contribution in [2.45, 2.75) is 6.42 Å². The second-order valence-electron chi connectivity index (χ2n) is 1.74. The van der Waals surface area contributed by atoms with Gasteiger partial charge in [-0.1, -0.05) is 0 Å². The molecule has 0 atom stereocenters. The number of aliphatic imine (C=N–C) groups is 1. The number of hydrogen-bond donors (Lipinski definition) is 2. The van der Waals surface area contributed by atoms with Crippen molar-refractivity contribution in [3.05, 3.63) is 11.8 Å². The molecule has 0 bridgehead atoms. The van der Waals surface area contributed by atoms with Crippen molar-refractivity contribution in [1.82, 2.24) is 0 Å². The predicted octanol–water partition coefficient (Wildman–Crippen LogP) is -0.377. The Morgan fingerprint density at radius 1 is 1.88 bits per heavy atom. The van der Waals surface area contributed by atoms with Gasteiger partial charge in [0.05, 0.1) is 6.61 Å². The van der Waals surface area contributed by atoms with E-state index in [4.69, 9.17) is 10.8 Å². The van der Waals surface area contributed by atoms with E-state index in [9.17, 15) is 0 Å². The van der Waals surface area contributed by atoms with Gasteiger partial charge < -0.3 is 10.8 Å². The van der Waals surface area contributed by atoms with E-state index in [0.717, 1.165) is 5.57 Å². The van der Waals surface area contributed by atoms with Crippen molar-refractivity contribution in [3.8, 4) is 0 Å². The van der Waals surface area contributed by atoms with Crippen LogP contribution < -0.4 is 5.73 Å². The number of aliphatic hydroxyl groups is 1. The Kier molecular flexibility index (Phi) is 1.30. The second kappa shape index (κ2) is 1.96. The summed E-state index contributed by atoms with van der Waals surface area (Å²) in [5.41, 5.74) is 6.18. The monoisotopic (exact) mass is 112 g/mol. The number of rotatable bonds is 1. The average Bonchev–Trinajstić information content (AvgIpc) is 2.14. The molecule has 0 aromatic heterocycles. The molecule has 0 spiro atoms. The maximum Gasteiger partial charge on any atom is 0.103 e. The lowest BCUT2D eigenvalue weighted by Crippen LogP contribution is -2.08. The lowest BCUT2D eigenvalue weighted by Gasteiger charge is -1.90. The van der Waals surface area contributed by atoms with Crippen LogP contribution in [0.5, 0.6) is 0 Å². The van der Waals surface area contributed by atoms with Crippen LogP contribution in [0.4, 0.5) is 0 Å². The Morgan fingerprint density at radius 2 is 2.62 bits per heavy atom. The van der Waals surface area contributed by atoms with Gasteiger partial charge in [-0.2, -0.15) is 0 Å². The van der Waals surface area contributed by atoms with Crippen LogP contribution in [0, 0.1) is 0 Å². The van der Waals surface area contributed by atoms with E-state index in [-0.39, 0.29) is 6.61 Å². The van der Waals surface area contributed by atoms with Gasteiger partial charge in [0.15, 0.2) is 0 Å². The minimum atomic E-state index is 0.0736. The van der Waals surface area contributed by atoms with Crippen LogP contribution in [-0.2, 0) is 0 Å². The molecule has 8 heavy (non-hydrogen) atoms. The van der Waals surface area contributed by atoms with E-state index < -0.39 is 0 Å². The summed E-state index contributed by atoms with van der Waals surface area (Å²) < 4.78 is 0. The molecule has 0 aromatic carbocycles.